The maximum atomic E-state index is 12.3. The molecule has 1 N–H and O–H groups in total. The lowest BCUT2D eigenvalue weighted by Gasteiger charge is -2.18. The van der Waals surface area contributed by atoms with Gasteiger partial charge in [0, 0.05) is 26.0 Å². The molecule has 0 unspecified atom stereocenters. The maximum Gasteiger partial charge on any atom is 0.255 e. The van der Waals surface area contributed by atoms with Crippen LogP contribution in [0.2, 0.25) is 5.02 Å². The van der Waals surface area contributed by atoms with Crippen LogP contribution in [0.15, 0.2) is 36.7 Å². The van der Waals surface area contributed by atoms with Crippen LogP contribution >= 0.6 is 11.6 Å². The van der Waals surface area contributed by atoms with E-state index < -0.39 is 0 Å². The number of phenolic OH excluding ortho intramolecular Hbond substituents is 1. The fourth-order valence-electron chi connectivity index (χ4n) is 1.92. The molecule has 2 aromatic rings. The Labute approximate surface area is 127 Å². The van der Waals surface area contributed by atoms with E-state index in [1.165, 1.54) is 30.5 Å². The van der Waals surface area contributed by atoms with Gasteiger partial charge in [0.2, 0.25) is 0 Å². The van der Waals surface area contributed by atoms with Crippen LogP contribution in [-0.4, -0.2) is 35.1 Å². The minimum Gasteiger partial charge on any atom is -0.504 e. The Kier molecular flexibility index (Phi) is 4.65. The second-order valence-corrected chi connectivity index (χ2v) is 4.93. The van der Waals surface area contributed by atoms with Crippen LogP contribution in [0.4, 0.5) is 0 Å². The quantitative estimate of drug-likeness (QED) is 0.943. The van der Waals surface area contributed by atoms with Crippen molar-refractivity contribution in [2.45, 2.75) is 6.54 Å². The van der Waals surface area contributed by atoms with Gasteiger partial charge in [0.05, 0.1) is 17.7 Å². The van der Waals surface area contributed by atoms with E-state index in [1.807, 2.05) is 0 Å². The summed E-state index contributed by atoms with van der Waals surface area (Å²) in [6.07, 6.45) is 2.96. The number of rotatable bonds is 4. The van der Waals surface area contributed by atoms with Crippen molar-refractivity contribution in [3.05, 3.63) is 52.8 Å². The molecule has 0 atom stereocenters. The average molecular weight is 307 g/mol. The highest BCUT2D eigenvalue weighted by Gasteiger charge is 2.15. The molecule has 110 valence electrons. The summed E-state index contributed by atoms with van der Waals surface area (Å²) in [5.74, 6) is 0.233. The molecule has 2 rings (SSSR count). The number of methoxy groups -OCH3 is 1. The summed E-state index contributed by atoms with van der Waals surface area (Å²) in [7, 11) is 3.16. The van der Waals surface area contributed by atoms with E-state index in [9.17, 15) is 9.90 Å². The lowest BCUT2D eigenvalue weighted by molar-refractivity contribution is 0.0785. The molecular formula is C15H15ClN2O3. The fourth-order valence-corrected chi connectivity index (χ4v) is 2.12. The highest BCUT2D eigenvalue weighted by Crippen LogP contribution is 2.27. The van der Waals surface area contributed by atoms with Crippen LogP contribution in [0.5, 0.6) is 11.5 Å². The number of halogens is 1. The van der Waals surface area contributed by atoms with Crippen molar-refractivity contribution in [1.29, 1.82) is 0 Å². The van der Waals surface area contributed by atoms with Gasteiger partial charge in [-0.05, 0) is 23.8 Å². The van der Waals surface area contributed by atoms with Crippen molar-refractivity contribution in [2.24, 2.45) is 0 Å². The Morgan fingerprint density at radius 2 is 2.19 bits per heavy atom. The number of hydrogen-bond donors (Lipinski definition) is 1. The maximum absolute atomic E-state index is 12.3. The van der Waals surface area contributed by atoms with Gasteiger partial charge < -0.3 is 14.7 Å². The monoisotopic (exact) mass is 306 g/mol. The largest absolute Gasteiger partial charge is 0.504 e. The average Bonchev–Trinajstić information content (AvgIpc) is 2.49. The Bertz CT molecular complexity index is 661. The molecule has 0 aliphatic rings. The molecule has 1 heterocycles. The molecule has 0 fully saturated rings. The molecule has 0 spiro atoms. The molecule has 0 saturated carbocycles. The van der Waals surface area contributed by atoms with Crippen molar-refractivity contribution >= 4 is 17.5 Å². The molecule has 0 aliphatic heterocycles. The van der Waals surface area contributed by atoms with Crippen LogP contribution in [-0.2, 0) is 6.54 Å². The minimum atomic E-state index is -0.200. The molecule has 0 saturated heterocycles. The number of carbonyl (C=O) groups is 1. The molecule has 1 amide bonds. The molecule has 1 aromatic carbocycles. The van der Waals surface area contributed by atoms with Crippen LogP contribution in [0.1, 0.15) is 15.9 Å². The van der Waals surface area contributed by atoms with Gasteiger partial charge >= 0.3 is 0 Å². The van der Waals surface area contributed by atoms with E-state index in [4.69, 9.17) is 16.3 Å². The van der Waals surface area contributed by atoms with Gasteiger partial charge in [-0.15, -0.1) is 0 Å². The second-order valence-electron chi connectivity index (χ2n) is 4.52. The van der Waals surface area contributed by atoms with Gasteiger partial charge in [0.25, 0.3) is 5.91 Å². The number of aromatic hydroxyl groups is 1. The third kappa shape index (κ3) is 3.44. The lowest BCUT2D eigenvalue weighted by atomic mass is 10.1. The summed E-state index contributed by atoms with van der Waals surface area (Å²) >= 11 is 5.97. The third-order valence-corrected chi connectivity index (χ3v) is 3.31. The molecule has 0 radical (unpaired) electrons. The predicted molar refractivity (Wildman–Crippen MR) is 79.7 cm³/mol. The fraction of sp³-hybridized carbons (Fsp3) is 0.200. The van der Waals surface area contributed by atoms with Gasteiger partial charge in [-0.2, -0.15) is 0 Å². The highest BCUT2D eigenvalue weighted by molar-refractivity contribution is 6.33. The zero-order valence-corrected chi connectivity index (χ0v) is 12.5. The number of carbonyl (C=O) groups excluding carboxylic acids is 1. The van der Waals surface area contributed by atoms with Crippen LogP contribution in [0.25, 0.3) is 0 Å². The van der Waals surface area contributed by atoms with Crippen molar-refractivity contribution in [1.82, 2.24) is 9.88 Å². The number of ether oxygens (including phenoxy) is 1. The Balaban J connectivity index is 2.16. The first-order valence-corrected chi connectivity index (χ1v) is 6.61. The topological polar surface area (TPSA) is 62.7 Å². The summed E-state index contributed by atoms with van der Waals surface area (Å²) in [6.45, 7) is 0.369. The number of pyridine rings is 1. The van der Waals surface area contributed by atoms with Crippen molar-refractivity contribution in [2.75, 3.05) is 14.2 Å². The highest BCUT2D eigenvalue weighted by atomic mass is 35.5. The van der Waals surface area contributed by atoms with Crippen LogP contribution in [0, 0.1) is 0 Å². The molecule has 0 aliphatic carbocycles. The van der Waals surface area contributed by atoms with Gasteiger partial charge in [-0.1, -0.05) is 17.7 Å². The minimum absolute atomic E-state index is 0.0624. The number of phenols is 1. The zero-order chi connectivity index (χ0) is 15.4. The summed E-state index contributed by atoms with van der Waals surface area (Å²) < 4.78 is 5.05. The van der Waals surface area contributed by atoms with E-state index in [2.05, 4.69) is 4.98 Å². The van der Waals surface area contributed by atoms with Gasteiger partial charge in [-0.3, -0.25) is 9.78 Å². The summed E-state index contributed by atoms with van der Waals surface area (Å²) in [6, 6.07) is 6.54. The molecule has 1 aromatic heterocycles. The lowest BCUT2D eigenvalue weighted by Crippen LogP contribution is -2.26. The molecule has 0 bridgehead atoms. The first-order chi connectivity index (χ1) is 10.0. The Hall–Kier alpha value is -2.27. The van der Waals surface area contributed by atoms with Crippen molar-refractivity contribution in [3.63, 3.8) is 0 Å². The molecule has 6 heteroatoms. The Morgan fingerprint density at radius 1 is 1.43 bits per heavy atom. The number of nitrogens with zero attached hydrogens (tertiary/aromatic N) is 2. The van der Waals surface area contributed by atoms with E-state index in [0.29, 0.717) is 22.9 Å². The van der Waals surface area contributed by atoms with Gasteiger partial charge in [-0.25, -0.2) is 0 Å². The number of benzene rings is 1. The predicted octanol–water partition coefficient (Wildman–Crippen LogP) is 2.72. The summed E-state index contributed by atoms with van der Waals surface area (Å²) in [5.41, 5.74) is 1.24. The third-order valence-electron chi connectivity index (χ3n) is 3.01. The van der Waals surface area contributed by atoms with Crippen molar-refractivity contribution < 1.29 is 14.6 Å². The first-order valence-electron chi connectivity index (χ1n) is 6.23. The van der Waals surface area contributed by atoms with Crippen LogP contribution in [0.3, 0.4) is 0 Å². The first kappa shape index (κ1) is 15.1. The van der Waals surface area contributed by atoms with Crippen LogP contribution < -0.4 is 4.74 Å². The molecular weight excluding hydrogens is 292 g/mol. The van der Waals surface area contributed by atoms with E-state index in [-0.39, 0.29) is 11.7 Å². The summed E-state index contributed by atoms with van der Waals surface area (Å²) in [5, 5.41) is 9.88. The van der Waals surface area contributed by atoms with E-state index in [1.54, 1.807) is 25.2 Å². The smallest absolute Gasteiger partial charge is 0.255 e. The van der Waals surface area contributed by atoms with Gasteiger partial charge in [0.1, 0.15) is 0 Å². The molecule has 21 heavy (non-hydrogen) atoms. The number of amides is 1. The number of aromatic nitrogens is 1. The SMILES string of the molecule is COc1cc(CN(C)C(=O)c2ccncc2Cl)ccc1O. The standard InChI is InChI=1S/C15H15ClN2O3/c1-18(15(20)11-5-6-17-8-12(11)16)9-10-3-4-13(19)14(7-10)21-2/h3-8,19H,9H2,1-2H3. The summed E-state index contributed by atoms with van der Waals surface area (Å²) in [4.78, 5) is 17.7. The Morgan fingerprint density at radius 3 is 2.86 bits per heavy atom. The normalized spacial score (nSPS) is 10.2. The zero-order valence-electron chi connectivity index (χ0n) is 11.7. The second kappa shape index (κ2) is 6.45. The van der Waals surface area contributed by atoms with Gasteiger partial charge in [0.15, 0.2) is 11.5 Å². The van der Waals surface area contributed by atoms with E-state index >= 15 is 0 Å². The molecule has 5 nitrogen and oxygen atoms in total. The van der Waals surface area contributed by atoms with Crippen molar-refractivity contribution in [3.8, 4) is 11.5 Å². The number of hydrogen-bond acceptors (Lipinski definition) is 4. The van der Waals surface area contributed by atoms with E-state index in [0.717, 1.165) is 5.56 Å².